The summed E-state index contributed by atoms with van der Waals surface area (Å²) in [5, 5.41) is 13.6. The molecular formula is C10H15N5O3. The summed E-state index contributed by atoms with van der Waals surface area (Å²) < 4.78 is 5.56. The van der Waals surface area contributed by atoms with Gasteiger partial charge in [0.1, 0.15) is 12.4 Å². The van der Waals surface area contributed by atoms with Crippen molar-refractivity contribution < 1.29 is 9.66 Å². The first kappa shape index (κ1) is 12.7. The van der Waals surface area contributed by atoms with E-state index in [9.17, 15) is 10.1 Å². The number of hydrogen-bond donors (Lipinski definition) is 1. The third-order valence-electron chi connectivity index (χ3n) is 2.69. The van der Waals surface area contributed by atoms with Gasteiger partial charge in [-0.25, -0.2) is 9.97 Å². The number of hydrogen-bond acceptors (Lipinski definition) is 7. The maximum atomic E-state index is 10.5. The molecule has 18 heavy (non-hydrogen) atoms. The summed E-state index contributed by atoms with van der Waals surface area (Å²) in [7, 11) is 1.87. The predicted molar refractivity (Wildman–Crippen MR) is 64.6 cm³/mol. The molecule has 2 heterocycles. The molecule has 0 spiro atoms. The molecule has 1 aromatic rings. The molecule has 0 amide bonds. The Kier molecular flexibility index (Phi) is 4.00. The highest BCUT2D eigenvalue weighted by atomic mass is 16.6. The second-order valence-electron chi connectivity index (χ2n) is 3.99. The topological polar surface area (TPSA) is 93.4 Å². The summed E-state index contributed by atoms with van der Waals surface area (Å²) in [4.78, 5) is 20.0. The quantitative estimate of drug-likeness (QED) is 0.587. The lowest BCUT2D eigenvalue weighted by Gasteiger charge is -2.32. The molecule has 1 fully saturated rings. The maximum Gasteiger partial charge on any atom is 0.305 e. The van der Waals surface area contributed by atoms with Crippen molar-refractivity contribution in [3.63, 3.8) is 0 Å². The molecular weight excluding hydrogens is 238 g/mol. The number of nitro groups is 1. The lowest BCUT2D eigenvalue weighted by atomic mass is 10.3. The summed E-state index contributed by atoms with van der Waals surface area (Å²) in [6, 6.07) is 0. The Morgan fingerprint density at radius 3 is 2.94 bits per heavy atom. The summed E-state index contributed by atoms with van der Waals surface area (Å²) in [5.74, 6) is 0.505. The van der Waals surface area contributed by atoms with Crippen LogP contribution in [0.2, 0.25) is 0 Å². The van der Waals surface area contributed by atoms with Gasteiger partial charge < -0.3 is 15.0 Å². The minimum atomic E-state index is -0.507. The largest absolute Gasteiger partial charge is 0.373 e. The highest BCUT2D eigenvalue weighted by Crippen LogP contribution is 2.14. The number of nitrogens with zero attached hydrogens (tertiary/aromatic N) is 4. The first-order chi connectivity index (χ1) is 8.70. The van der Waals surface area contributed by atoms with Crippen molar-refractivity contribution in [2.24, 2.45) is 0 Å². The van der Waals surface area contributed by atoms with Gasteiger partial charge in [0.15, 0.2) is 0 Å². The van der Waals surface area contributed by atoms with Gasteiger partial charge in [0.2, 0.25) is 5.95 Å². The average Bonchev–Trinajstić information content (AvgIpc) is 2.39. The van der Waals surface area contributed by atoms with Gasteiger partial charge in [-0.15, -0.1) is 0 Å². The Balaban J connectivity index is 2.04. The van der Waals surface area contributed by atoms with Crippen molar-refractivity contribution >= 4 is 11.6 Å². The smallest absolute Gasteiger partial charge is 0.305 e. The summed E-state index contributed by atoms with van der Waals surface area (Å²) in [6.07, 6.45) is 2.54. The Morgan fingerprint density at radius 1 is 1.61 bits per heavy atom. The first-order valence-corrected chi connectivity index (χ1v) is 5.68. The molecule has 1 aliphatic rings. The number of aromatic nitrogens is 2. The highest BCUT2D eigenvalue weighted by molar-refractivity contribution is 5.34. The van der Waals surface area contributed by atoms with Crippen molar-refractivity contribution in [2.45, 2.75) is 6.10 Å². The van der Waals surface area contributed by atoms with E-state index < -0.39 is 4.92 Å². The molecule has 8 nitrogen and oxygen atoms in total. The standard InChI is InChI=1S/C10H15N5O3/c1-11-6-9-7-14(2-3-18-9)10-12-4-8(5-13-10)15(16)17/h4-5,9,11H,2-3,6-7H2,1H3. The van der Waals surface area contributed by atoms with Crippen molar-refractivity contribution in [1.29, 1.82) is 0 Å². The highest BCUT2D eigenvalue weighted by Gasteiger charge is 2.22. The van der Waals surface area contributed by atoms with E-state index >= 15 is 0 Å². The minimum absolute atomic E-state index is 0.0857. The van der Waals surface area contributed by atoms with E-state index in [2.05, 4.69) is 15.3 Å². The molecule has 0 aromatic carbocycles. The number of anilines is 1. The van der Waals surface area contributed by atoms with Crippen LogP contribution >= 0.6 is 0 Å². The fraction of sp³-hybridized carbons (Fsp3) is 0.600. The Labute approximate surface area is 104 Å². The van der Waals surface area contributed by atoms with Crippen LogP contribution in [-0.2, 0) is 4.74 Å². The van der Waals surface area contributed by atoms with Crippen LogP contribution in [0, 0.1) is 10.1 Å². The molecule has 0 bridgehead atoms. The zero-order valence-corrected chi connectivity index (χ0v) is 10.1. The first-order valence-electron chi connectivity index (χ1n) is 5.68. The van der Waals surface area contributed by atoms with Crippen molar-refractivity contribution in [2.75, 3.05) is 38.2 Å². The van der Waals surface area contributed by atoms with Gasteiger partial charge in [-0.3, -0.25) is 10.1 Å². The van der Waals surface area contributed by atoms with Crippen LogP contribution in [-0.4, -0.2) is 54.3 Å². The lowest BCUT2D eigenvalue weighted by Crippen LogP contribution is -2.46. The van der Waals surface area contributed by atoms with Gasteiger partial charge in [0.25, 0.3) is 0 Å². The van der Waals surface area contributed by atoms with Crippen LogP contribution in [0.5, 0.6) is 0 Å². The van der Waals surface area contributed by atoms with E-state index in [0.717, 1.165) is 6.54 Å². The number of nitrogens with one attached hydrogen (secondary N) is 1. The van der Waals surface area contributed by atoms with Crippen LogP contribution in [0.3, 0.4) is 0 Å². The van der Waals surface area contributed by atoms with Gasteiger partial charge in [-0.1, -0.05) is 0 Å². The molecule has 8 heteroatoms. The molecule has 0 aliphatic carbocycles. The van der Waals surface area contributed by atoms with Gasteiger partial charge in [0, 0.05) is 19.6 Å². The molecule has 0 saturated carbocycles. The van der Waals surface area contributed by atoms with Crippen molar-refractivity contribution in [3.8, 4) is 0 Å². The zero-order chi connectivity index (χ0) is 13.0. The number of morpholine rings is 1. The number of ether oxygens (including phenoxy) is 1. The second kappa shape index (κ2) is 5.69. The van der Waals surface area contributed by atoms with E-state index in [0.29, 0.717) is 25.6 Å². The van der Waals surface area contributed by atoms with E-state index in [-0.39, 0.29) is 11.8 Å². The fourth-order valence-corrected chi connectivity index (χ4v) is 1.82. The van der Waals surface area contributed by atoms with Crippen LogP contribution in [0.4, 0.5) is 11.6 Å². The normalized spacial score (nSPS) is 19.8. The molecule has 1 atom stereocenters. The Hall–Kier alpha value is -1.80. The van der Waals surface area contributed by atoms with Crippen LogP contribution in [0.15, 0.2) is 12.4 Å². The molecule has 1 aromatic heterocycles. The number of rotatable bonds is 4. The summed E-state index contributed by atoms with van der Waals surface area (Å²) in [6.45, 7) is 2.73. The molecule has 1 unspecified atom stereocenters. The van der Waals surface area contributed by atoms with Gasteiger partial charge in [-0.2, -0.15) is 0 Å². The van der Waals surface area contributed by atoms with E-state index in [1.54, 1.807) is 0 Å². The molecule has 1 saturated heterocycles. The van der Waals surface area contributed by atoms with E-state index in [1.165, 1.54) is 12.4 Å². The van der Waals surface area contributed by atoms with Crippen LogP contribution in [0.25, 0.3) is 0 Å². The monoisotopic (exact) mass is 253 g/mol. The zero-order valence-electron chi connectivity index (χ0n) is 10.1. The number of likely N-dealkylation sites (N-methyl/N-ethyl adjacent to an activating group) is 1. The van der Waals surface area contributed by atoms with Crippen LogP contribution < -0.4 is 10.2 Å². The van der Waals surface area contributed by atoms with Crippen LogP contribution in [0.1, 0.15) is 0 Å². The van der Waals surface area contributed by atoms with Crippen molar-refractivity contribution in [1.82, 2.24) is 15.3 Å². The summed E-state index contributed by atoms with van der Waals surface area (Å²) in [5.41, 5.74) is -0.0983. The minimum Gasteiger partial charge on any atom is -0.373 e. The SMILES string of the molecule is CNCC1CN(c2ncc([N+](=O)[O-])cn2)CCO1. The Morgan fingerprint density at radius 2 is 2.33 bits per heavy atom. The van der Waals surface area contributed by atoms with Gasteiger partial charge >= 0.3 is 5.69 Å². The average molecular weight is 253 g/mol. The van der Waals surface area contributed by atoms with E-state index in [4.69, 9.17) is 4.74 Å². The van der Waals surface area contributed by atoms with Gasteiger partial charge in [0.05, 0.1) is 17.6 Å². The fourth-order valence-electron chi connectivity index (χ4n) is 1.82. The van der Waals surface area contributed by atoms with Gasteiger partial charge in [-0.05, 0) is 7.05 Å². The molecule has 98 valence electrons. The molecule has 0 radical (unpaired) electrons. The molecule has 1 N–H and O–H groups in total. The maximum absolute atomic E-state index is 10.5. The predicted octanol–water partition coefficient (Wildman–Crippen LogP) is -0.191. The van der Waals surface area contributed by atoms with Crippen molar-refractivity contribution in [3.05, 3.63) is 22.5 Å². The lowest BCUT2D eigenvalue weighted by molar-refractivity contribution is -0.385. The molecule has 1 aliphatic heterocycles. The third kappa shape index (κ3) is 2.90. The Bertz CT molecular complexity index is 408. The third-order valence-corrected chi connectivity index (χ3v) is 2.69. The molecule has 2 rings (SSSR count). The summed E-state index contributed by atoms with van der Waals surface area (Å²) >= 11 is 0. The van der Waals surface area contributed by atoms with E-state index in [1.807, 2.05) is 11.9 Å². The second-order valence-corrected chi connectivity index (χ2v) is 3.99.